The molecule has 0 fully saturated rings. The van der Waals surface area contributed by atoms with Crippen LogP contribution in [-0.4, -0.2) is 35.6 Å². The van der Waals surface area contributed by atoms with Crippen LogP contribution in [0.25, 0.3) is 0 Å². The number of hydrogen-bond donors (Lipinski definition) is 1. The van der Waals surface area contributed by atoms with E-state index in [1.165, 1.54) is 6.20 Å². The normalized spacial score (nSPS) is 13.8. The lowest BCUT2D eigenvalue weighted by Gasteiger charge is -2.48. The lowest BCUT2D eigenvalue weighted by molar-refractivity contribution is 0.0512. The number of rotatable bonds is 8. The first-order chi connectivity index (χ1) is 9.59. The third-order valence-corrected chi connectivity index (χ3v) is 4.50. The first-order valence-corrected chi connectivity index (χ1v) is 7.62. The molecule has 0 radical (unpaired) electrons. The van der Waals surface area contributed by atoms with E-state index in [1.807, 2.05) is 7.05 Å². The number of pyridine rings is 1. The number of nitrogens with zero attached hydrogens (tertiary/aromatic N) is 2. The van der Waals surface area contributed by atoms with Crippen molar-refractivity contribution >= 4 is 0 Å². The summed E-state index contributed by atoms with van der Waals surface area (Å²) in [4.78, 5) is 6.48. The van der Waals surface area contributed by atoms with Crippen LogP contribution in [-0.2, 0) is 0 Å². The van der Waals surface area contributed by atoms with Crippen LogP contribution in [0.3, 0.4) is 0 Å². The second-order valence-corrected chi connectivity index (χ2v) is 5.14. The summed E-state index contributed by atoms with van der Waals surface area (Å²) in [6, 6.07) is 1.66. The maximum Gasteiger partial charge on any atom is 0.141 e. The lowest BCUT2D eigenvalue weighted by atomic mass is 9.79. The fraction of sp³-hybridized carbons (Fsp3) is 0.688. The van der Waals surface area contributed by atoms with Crippen molar-refractivity contribution in [1.29, 1.82) is 0 Å². The van der Waals surface area contributed by atoms with Crippen molar-refractivity contribution < 1.29 is 4.39 Å². The van der Waals surface area contributed by atoms with E-state index in [0.29, 0.717) is 0 Å². The van der Waals surface area contributed by atoms with E-state index in [4.69, 9.17) is 0 Å². The smallest absolute Gasteiger partial charge is 0.141 e. The quantitative estimate of drug-likeness (QED) is 0.792. The third-order valence-electron chi connectivity index (χ3n) is 4.50. The Labute approximate surface area is 122 Å². The predicted octanol–water partition coefficient (Wildman–Crippen LogP) is 3.38. The minimum Gasteiger partial charge on any atom is -0.311 e. The predicted molar refractivity (Wildman–Crippen MR) is 82.2 cm³/mol. The molecule has 3 nitrogen and oxygen atoms in total. The van der Waals surface area contributed by atoms with Crippen LogP contribution < -0.4 is 5.32 Å². The van der Waals surface area contributed by atoms with Gasteiger partial charge in [0, 0.05) is 11.7 Å². The van der Waals surface area contributed by atoms with Gasteiger partial charge in [0.2, 0.25) is 0 Å². The second-order valence-electron chi connectivity index (χ2n) is 5.14. The molecular weight excluding hydrogens is 253 g/mol. The van der Waals surface area contributed by atoms with E-state index >= 15 is 0 Å². The molecule has 1 N–H and O–H groups in total. The van der Waals surface area contributed by atoms with Gasteiger partial charge < -0.3 is 5.32 Å². The molecule has 1 heterocycles. The summed E-state index contributed by atoms with van der Waals surface area (Å²) in [7, 11) is 1.94. The summed E-state index contributed by atoms with van der Waals surface area (Å²) in [6.45, 7) is 10.7. The summed E-state index contributed by atoms with van der Waals surface area (Å²) in [5, 5.41) is 3.39. The van der Waals surface area contributed by atoms with Gasteiger partial charge >= 0.3 is 0 Å². The molecule has 0 amide bonds. The summed E-state index contributed by atoms with van der Waals surface area (Å²) < 4.78 is 13.5. The molecule has 1 aromatic heterocycles. The van der Waals surface area contributed by atoms with Crippen molar-refractivity contribution in [3.05, 3.63) is 29.8 Å². The Morgan fingerprint density at radius 1 is 1.20 bits per heavy atom. The van der Waals surface area contributed by atoms with Gasteiger partial charge in [-0.3, -0.25) is 9.88 Å². The van der Waals surface area contributed by atoms with Gasteiger partial charge in [-0.05, 0) is 44.6 Å². The van der Waals surface area contributed by atoms with Crippen LogP contribution in [0.15, 0.2) is 18.5 Å². The van der Waals surface area contributed by atoms with E-state index in [2.05, 4.69) is 42.9 Å². The second kappa shape index (κ2) is 7.70. The van der Waals surface area contributed by atoms with Crippen LogP contribution in [0.2, 0.25) is 0 Å². The number of hydrogen-bond acceptors (Lipinski definition) is 3. The molecule has 114 valence electrons. The van der Waals surface area contributed by atoms with Crippen molar-refractivity contribution in [3.8, 4) is 0 Å². The number of aromatic nitrogens is 1. The molecule has 0 bridgehead atoms. The summed E-state index contributed by atoms with van der Waals surface area (Å²) >= 11 is 0. The zero-order chi connectivity index (χ0) is 15.2. The lowest BCUT2D eigenvalue weighted by Crippen LogP contribution is -2.55. The fourth-order valence-electron chi connectivity index (χ4n) is 3.47. The largest absolute Gasteiger partial charge is 0.311 e. The first-order valence-electron chi connectivity index (χ1n) is 7.62. The molecule has 4 heteroatoms. The Morgan fingerprint density at radius 3 is 2.20 bits per heavy atom. The van der Waals surface area contributed by atoms with Gasteiger partial charge in [-0.2, -0.15) is 0 Å². The number of nitrogens with one attached hydrogen (secondary N) is 1. The molecule has 0 aliphatic rings. The van der Waals surface area contributed by atoms with E-state index in [9.17, 15) is 4.39 Å². The van der Waals surface area contributed by atoms with E-state index in [1.54, 1.807) is 12.3 Å². The molecule has 1 atom stereocenters. The topological polar surface area (TPSA) is 28.2 Å². The van der Waals surface area contributed by atoms with Crippen molar-refractivity contribution in [3.63, 3.8) is 0 Å². The number of halogens is 1. The highest BCUT2D eigenvalue weighted by atomic mass is 19.1. The van der Waals surface area contributed by atoms with Crippen LogP contribution in [0.5, 0.6) is 0 Å². The molecule has 0 aliphatic heterocycles. The van der Waals surface area contributed by atoms with Crippen molar-refractivity contribution in [2.45, 2.75) is 52.1 Å². The van der Waals surface area contributed by atoms with Crippen LogP contribution >= 0.6 is 0 Å². The Morgan fingerprint density at radius 2 is 1.80 bits per heavy atom. The Hall–Kier alpha value is -1.00. The third kappa shape index (κ3) is 3.18. The van der Waals surface area contributed by atoms with Crippen LogP contribution in [0.1, 0.15) is 52.1 Å². The Balaban J connectivity index is 3.28. The van der Waals surface area contributed by atoms with Gasteiger partial charge in [0.25, 0.3) is 0 Å². The summed E-state index contributed by atoms with van der Waals surface area (Å²) in [5.41, 5.74) is 0.899. The molecule has 0 saturated carbocycles. The van der Waals surface area contributed by atoms with Crippen LogP contribution in [0.4, 0.5) is 4.39 Å². The maximum atomic E-state index is 13.5. The molecule has 0 spiro atoms. The fourth-order valence-corrected chi connectivity index (χ4v) is 3.47. The van der Waals surface area contributed by atoms with Gasteiger partial charge in [0.05, 0.1) is 12.2 Å². The van der Waals surface area contributed by atoms with Gasteiger partial charge in [-0.15, -0.1) is 0 Å². The van der Waals surface area contributed by atoms with Gasteiger partial charge in [0.1, 0.15) is 5.82 Å². The molecule has 0 aromatic carbocycles. The monoisotopic (exact) mass is 281 g/mol. The first kappa shape index (κ1) is 17.1. The van der Waals surface area contributed by atoms with E-state index in [-0.39, 0.29) is 17.4 Å². The zero-order valence-electron chi connectivity index (χ0n) is 13.4. The van der Waals surface area contributed by atoms with Gasteiger partial charge in [-0.1, -0.05) is 27.7 Å². The van der Waals surface area contributed by atoms with E-state index < -0.39 is 0 Å². The minimum absolute atomic E-state index is 0.0201. The zero-order valence-corrected chi connectivity index (χ0v) is 13.4. The number of likely N-dealkylation sites (N-methyl/N-ethyl adjacent to an activating group) is 2. The Bertz CT molecular complexity index is 400. The standard InChI is InChI=1S/C16H28FN3/c1-6-16(7-2,20(8-3)9-4)15(18-5)13-10-14(17)12-19-11-13/h10-12,15,18H,6-9H2,1-5H3. The molecule has 20 heavy (non-hydrogen) atoms. The summed E-state index contributed by atoms with van der Waals surface area (Å²) in [5.74, 6) is -0.275. The molecule has 1 aromatic rings. The highest BCUT2D eigenvalue weighted by Gasteiger charge is 2.40. The average molecular weight is 281 g/mol. The molecule has 0 aliphatic carbocycles. The SMILES string of the molecule is CCN(CC)C(CC)(CC)C(NC)c1cncc(F)c1. The van der Waals surface area contributed by atoms with Crippen LogP contribution in [0, 0.1) is 5.82 Å². The van der Waals surface area contributed by atoms with E-state index in [0.717, 1.165) is 31.5 Å². The molecule has 1 rings (SSSR count). The maximum absolute atomic E-state index is 13.5. The molecule has 1 unspecified atom stereocenters. The van der Waals surface area contributed by atoms with Crippen molar-refractivity contribution in [2.24, 2.45) is 0 Å². The minimum atomic E-state index is -0.275. The molecular formula is C16H28FN3. The average Bonchev–Trinajstić information content (AvgIpc) is 2.47. The van der Waals surface area contributed by atoms with Crippen molar-refractivity contribution in [2.75, 3.05) is 20.1 Å². The van der Waals surface area contributed by atoms with Gasteiger partial charge in [0.15, 0.2) is 0 Å². The highest BCUT2D eigenvalue weighted by molar-refractivity contribution is 5.21. The summed E-state index contributed by atoms with van der Waals surface area (Å²) in [6.07, 6.45) is 5.04. The van der Waals surface area contributed by atoms with Crippen molar-refractivity contribution in [1.82, 2.24) is 15.2 Å². The Kier molecular flexibility index (Phi) is 6.56. The highest BCUT2D eigenvalue weighted by Crippen LogP contribution is 2.37. The molecule has 0 saturated heterocycles. The van der Waals surface area contributed by atoms with Gasteiger partial charge in [-0.25, -0.2) is 4.39 Å².